The van der Waals surface area contributed by atoms with Crippen LogP contribution in [0.5, 0.6) is 0 Å². The molecule has 13 heavy (non-hydrogen) atoms. The number of carboxylic acids is 1. The molecule has 0 aliphatic rings. The predicted octanol–water partition coefficient (Wildman–Crippen LogP) is 2.54. The van der Waals surface area contributed by atoms with Crippen LogP contribution in [0.2, 0.25) is 0 Å². The Kier molecular flexibility index (Phi) is 7.00. The first-order valence-corrected chi connectivity index (χ1v) is 4.65. The highest BCUT2D eigenvalue weighted by atomic mass is 16.4. The van der Waals surface area contributed by atoms with Gasteiger partial charge in [-0.2, -0.15) is 0 Å². The van der Waals surface area contributed by atoms with Crippen molar-refractivity contribution in [3.8, 4) is 0 Å². The first-order chi connectivity index (χ1) is 5.42. The SMILES string of the molecule is CCC(C)(CCC(C)C)C(=O)O.[B]. The molecule has 3 heteroatoms. The predicted molar refractivity (Wildman–Crippen MR) is 55.9 cm³/mol. The number of rotatable bonds is 5. The Morgan fingerprint density at radius 2 is 1.92 bits per heavy atom. The smallest absolute Gasteiger partial charge is 0.309 e. The summed E-state index contributed by atoms with van der Waals surface area (Å²) in [6.07, 6.45) is 2.50. The Morgan fingerprint density at radius 1 is 1.46 bits per heavy atom. The molecular formula is C10H20BO2. The van der Waals surface area contributed by atoms with E-state index < -0.39 is 11.4 Å². The molecule has 0 amide bonds. The highest BCUT2D eigenvalue weighted by Gasteiger charge is 2.30. The van der Waals surface area contributed by atoms with Gasteiger partial charge in [0.25, 0.3) is 0 Å². The Bertz CT molecular complexity index is 157. The van der Waals surface area contributed by atoms with Crippen molar-refractivity contribution < 1.29 is 9.90 Å². The highest BCUT2D eigenvalue weighted by molar-refractivity contribution is 5.75. The number of carboxylic acid groups (broad SMARTS) is 1. The molecule has 75 valence electrons. The second kappa shape index (κ2) is 6.06. The third-order valence-corrected chi connectivity index (χ3v) is 2.57. The maximum atomic E-state index is 10.9. The number of aliphatic carboxylic acids is 1. The maximum Gasteiger partial charge on any atom is 0.309 e. The third-order valence-electron chi connectivity index (χ3n) is 2.57. The summed E-state index contributed by atoms with van der Waals surface area (Å²) in [7, 11) is 0. The van der Waals surface area contributed by atoms with Crippen LogP contribution in [0.4, 0.5) is 0 Å². The lowest BCUT2D eigenvalue weighted by Crippen LogP contribution is -2.26. The lowest BCUT2D eigenvalue weighted by Gasteiger charge is -2.23. The normalized spacial score (nSPS) is 14.8. The fourth-order valence-corrected chi connectivity index (χ4v) is 1.04. The fraction of sp³-hybridized carbons (Fsp3) is 0.900. The molecule has 0 saturated heterocycles. The monoisotopic (exact) mass is 183 g/mol. The molecule has 2 nitrogen and oxygen atoms in total. The zero-order valence-electron chi connectivity index (χ0n) is 9.13. The first-order valence-electron chi connectivity index (χ1n) is 4.65. The molecule has 0 aromatic carbocycles. The molecule has 3 radical (unpaired) electrons. The molecule has 1 unspecified atom stereocenters. The van der Waals surface area contributed by atoms with Gasteiger partial charge < -0.3 is 5.11 Å². The summed E-state index contributed by atoms with van der Waals surface area (Å²) in [4.78, 5) is 10.9. The molecule has 0 rings (SSSR count). The first kappa shape index (κ1) is 15.0. The molecule has 0 bridgehead atoms. The van der Waals surface area contributed by atoms with E-state index in [2.05, 4.69) is 13.8 Å². The summed E-state index contributed by atoms with van der Waals surface area (Å²) in [6.45, 7) is 8.02. The number of hydrogen-bond donors (Lipinski definition) is 1. The van der Waals surface area contributed by atoms with E-state index in [4.69, 9.17) is 5.11 Å². The Balaban J connectivity index is 0. The third kappa shape index (κ3) is 4.96. The lowest BCUT2D eigenvalue weighted by atomic mass is 9.81. The van der Waals surface area contributed by atoms with Gasteiger partial charge in [-0.3, -0.25) is 4.79 Å². The van der Waals surface area contributed by atoms with Crippen LogP contribution in [-0.2, 0) is 4.79 Å². The van der Waals surface area contributed by atoms with Gasteiger partial charge in [-0.15, -0.1) is 0 Å². The van der Waals surface area contributed by atoms with Gasteiger partial charge in [-0.05, 0) is 32.1 Å². The van der Waals surface area contributed by atoms with E-state index in [9.17, 15) is 4.79 Å². The molecule has 0 fully saturated rings. The van der Waals surface area contributed by atoms with Crippen molar-refractivity contribution in [2.45, 2.75) is 47.0 Å². The van der Waals surface area contributed by atoms with Crippen molar-refractivity contribution in [2.75, 3.05) is 0 Å². The van der Waals surface area contributed by atoms with Crippen molar-refractivity contribution in [3.63, 3.8) is 0 Å². The van der Waals surface area contributed by atoms with Crippen LogP contribution in [-0.4, -0.2) is 19.5 Å². The van der Waals surface area contributed by atoms with Gasteiger partial charge in [0, 0.05) is 8.41 Å². The Labute approximate surface area is 83.3 Å². The molecule has 0 aromatic rings. The van der Waals surface area contributed by atoms with Crippen molar-refractivity contribution in [1.82, 2.24) is 0 Å². The average Bonchev–Trinajstić information content (AvgIpc) is 1.99. The van der Waals surface area contributed by atoms with Crippen molar-refractivity contribution in [3.05, 3.63) is 0 Å². The van der Waals surface area contributed by atoms with Gasteiger partial charge >= 0.3 is 5.97 Å². The Morgan fingerprint density at radius 3 is 2.15 bits per heavy atom. The summed E-state index contributed by atoms with van der Waals surface area (Å²) >= 11 is 0. The van der Waals surface area contributed by atoms with E-state index in [0.717, 1.165) is 19.3 Å². The highest BCUT2D eigenvalue weighted by Crippen LogP contribution is 2.29. The molecule has 1 N–H and O–H groups in total. The quantitative estimate of drug-likeness (QED) is 0.665. The molecular weight excluding hydrogens is 163 g/mol. The summed E-state index contributed by atoms with van der Waals surface area (Å²) in [5, 5.41) is 8.95. The second-order valence-corrected chi connectivity index (χ2v) is 4.15. The minimum absolute atomic E-state index is 0. The van der Waals surface area contributed by atoms with Crippen LogP contribution in [0.25, 0.3) is 0 Å². The van der Waals surface area contributed by atoms with E-state index in [1.165, 1.54) is 0 Å². The van der Waals surface area contributed by atoms with Crippen LogP contribution >= 0.6 is 0 Å². The van der Waals surface area contributed by atoms with Crippen LogP contribution in [0.1, 0.15) is 47.0 Å². The summed E-state index contributed by atoms with van der Waals surface area (Å²) in [5.74, 6) is -0.0686. The minimum atomic E-state index is -0.661. The number of carbonyl (C=O) groups is 1. The number of hydrogen-bond acceptors (Lipinski definition) is 1. The zero-order chi connectivity index (χ0) is 9.78. The molecule has 1 atom stereocenters. The van der Waals surface area contributed by atoms with E-state index in [-0.39, 0.29) is 8.41 Å². The van der Waals surface area contributed by atoms with Crippen LogP contribution in [0.15, 0.2) is 0 Å². The lowest BCUT2D eigenvalue weighted by molar-refractivity contribution is -0.148. The van der Waals surface area contributed by atoms with Crippen LogP contribution in [0.3, 0.4) is 0 Å². The van der Waals surface area contributed by atoms with Crippen LogP contribution < -0.4 is 0 Å². The molecule has 0 aliphatic heterocycles. The van der Waals surface area contributed by atoms with Crippen molar-refractivity contribution >= 4 is 14.4 Å². The summed E-state index contributed by atoms with van der Waals surface area (Å²) in [6, 6.07) is 0. The summed E-state index contributed by atoms with van der Waals surface area (Å²) < 4.78 is 0. The average molecular weight is 183 g/mol. The standard InChI is InChI=1S/C10H20O2.B/c1-5-10(4,9(11)12)7-6-8(2)3;/h8H,5-7H2,1-4H3,(H,11,12);. The van der Waals surface area contributed by atoms with Crippen LogP contribution in [0, 0.1) is 11.3 Å². The van der Waals surface area contributed by atoms with E-state index in [1.807, 2.05) is 13.8 Å². The van der Waals surface area contributed by atoms with E-state index in [1.54, 1.807) is 0 Å². The van der Waals surface area contributed by atoms with Gasteiger partial charge in [0.05, 0.1) is 5.41 Å². The largest absolute Gasteiger partial charge is 0.481 e. The molecule has 0 heterocycles. The van der Waals surface area contributed by atoms with Gasteiger partial charge in [-0.25, -0.2) is 0 Å². The van der Waals surface area contributed by atoms with Gasteiger partial charge in [0.15, 0.2) is 0 Å². The fourth-order valence-electron chi connectivity index (χ4n) is 1.04. The zero-order valence-corrected chi connectivity index (χ0v) is 9.13. The van der Waals surface area contributed by atoms with E-state index >= 15 is 0 Å². The summed E-state index contributed by atoms with van der Waals surface area (Å²) in [5.41, 5.74) is -0.510. The van der Waals surface area contributed by atoms with Gasteiger partial charge in [0.2, 0.25) is 0 Å². The molecule has 0 saturated carbocycles. The van der Waals surface area contributed by atoms with Gasteiger partial charge in [-0.1, -0.05) is 20.8 Å². The van der Waals surface area contributed by atoms with E-state index in [0.29, 0.717) is 5.92 Å². The minimum Gasteiger partial charge on any atom is -0.481 e. The van der Waals surface area contributed by atoms with Crippen molar-refractivity contribution in [2.24, 2.45) is 11.3 Å². The maximum absolute atomic E-state index is 10.9. The second-order valence-electron chi connectivity index (χ2n) is 4.15. The van der Waals surface area contributed by atoms with Crippen molar-refractivity contribution in [1.29, 1.82) is 0 Å². The molecule has 0 aliphatic carbocycles. The van der Waals surface area contributed by atoms with Gasteiger partial charge in [0.1, 0.15) is 0 Å². The molecule has 0 aromatic heterocycles. The Hall–Kier alpha value is -0.465. The topological polar surface area (TPSA) is 37.3 Å². The molecule has 0 spiro atoms.